The first kappa shape index (κ1) is 16.5. The highest BCUT2D eigenvalue weighted by Gasteiger charge is 2.25. The number of urea groups is 1. The summed E-state index contributed by atoms with van der Waals surface area (Å²) >= 11 is 0. The molecule has 1 atom stereocenters. The van der Waals surface area contributed by atoms with Crippen molar-refractivity contribution < 1.29 is 14.3 Å². The Labute approximate surface area is 141 Å². The molecule has 7 nitrogen and oxygen atoms in total. The summed E-state index contributed by atoms with van der Waals surface area (Å²) in [7, 11) is 0. The summed E-state index contributed by atoms with van der Waals surface area (Å²) in [6.07, 6.45) is 3.40. The van der Waals surface area contributed by atoms with Gasteiger partial charge in [-0.25, -0.2) is 9.78 Å². The van der Waals surface area contributed by atoms with E-state index < -0.39 is 0 Å². The van der Waals surface area contributed by atoms with Crippen molar-refractivity contribution in [1.82, 2.24) is 14.5 Å². The molecule has 0 aliphatic carbocycles. The van der Waals surface area contributed by atoms with Crippen molar-refractivity contribution in [1.29, 1.82) is 0 Å². The molecule has 0 radical (unpaired) electrons. The van der Waals surface area contributed by atoms with Crippen molar-refractivity contribution in [3.8, 4) is 5.69 Å². The van der Waals surface area contributed by atoms with E-state index in [4.69, 9.17) is 9.47 Å². The minimum absolute atomic E-state index is 0.0849. The molecule has 128 valence electrons. The van der Waals surface area contributed by atoms with Gasteiger partial charge in [-0.15, -0.1) is 0 Å². The van der Waals surface area contributed by atoms with Gasteiger partial charge in [0.2, 0.25) is 5.95 Å². The summed E-state index contributed by atoms with van der Waals surface area (Å²) < 4.78 is 12.8. The molecule has 1 fully saturated rings. The molecule has 0 bridgehead atoms. The number of ether oxygens (including phenoxy) is 2. The maximum absolute atomic E-state index is 12.5. The molecule has 1 aliphatic rings. The molecule has 1 aromatic carbocycles. The summed E-state index contributed by atoms with van der Waals surface area (Å²) in [5, 5.41) is 2.88. The minimum Gasteiger partial charge on any atom is -0.379 e. The molecule has 1 aliphatic heterocycles. The minimum atomic E-state index is -0.178. The highest BCUT2D eigenvalue weighted by Crippen LogP contribution is 2.15. The van der Waals surface area contributed by atoms with Crippen LogP contribution in [0.1, 0.15) is 6.92 Å². The van der Waals surface area contributed by atoms with E-state index in [1.807, 2.05) is 48.0 Å². The van der Waals surface area contributed by atoms with Crippen molar-refractivity contribution in [2.24, 2.45) is 0 Å². The number of aromatic nitrogens is 2. The third-order valence-electron chi connectivity index (χ3n) is 3.83. The van der Waals surface area contributed by atoms with Gasteiger partial charge in [-0.1, -0.05) is 18.2 Å². The molecule has 2 amide bonds. The van der Waals surface area contributed by atoms with Crippen LogP contribution in [0, 0.1) is 0 Å². The normalized spacial score (nSPS) is 17.7. The van der Waals surface area contributed by atoms with Gasteiger partial charge in [0.1, 0.15) is 0 Å². The molecule has 1 saturated heterocycles. The van der Waals surface area contributed by atoms with Crippen molar-refractivity contribution in [3.05, 3.63) is 42.7 Å². The average molecular weight is 330 g/mol. The monoisotopic (exact) mass is 330 g/mol. The van der Waals surface area contributed by atoms with Crippen molar-refractivity contribution >= 4 is 12.0 Å². The fourth-order valence-electron chi connectivity index (χ4n) is 2.62. The van der Waals surface area contributed by atoms with E-state index in [-0.39, 0.29) is 12.1 Å². The van der Waals surface area contributed by atoms with Crippen molar-refractivity contribution in [2.75, 3.05) is 38.2 Å². The van der Waals surface area contributed by atoms with Crippen LogP contribution in [0.5, 0.6) is 0 Å². The van der Waals surface area contributed by atoms with Crippen molar-refractivity contribution in [3.63, 3.8) is 0 Å². The lowest BCUT2D eigenvalue weighted by atomic mass is 10.3. The highest BCUT2D eigenvalue weighted by molar-refractivity contribution is 5.88. The second-order valence-corrected chi connectivity index (χ2v) is 5.48. The molecule has 7 heteroatoms. The SMILES string of the molecule is CCOCC1CN(C(=O)Nc2nccn2-c2ccccc2)CCO1. The van der Waals surface area contributed by atoms with Crippen LogP contribution in [0.25, 0.3) is 5.69 Å². The Morgan fingerprint density at radius 2 is 2.25 bits per heavy atom. The summed E-state index contributed by atoms with van der Waals surface area (Å²) in [6, 6.07) is 9.59. The van der Waals surface area contributed by atoms with E-state index in [1.54, 1.807) is 11.1 Å². The maximum atomic E-state index is 12.5. The molecule has 3 rings (SSSR count). The summed E-state index contributed by atoms with van der Waals surface area (Å²) in [5.41, 5.74) is 0.946. The average Bonchev–Trinajstić information content (AvgIpc) is 3.09. The number of nitrogens with one attached hydrogen (secondary N) is 1. The zero-order valence-corrected chi connectivity index (χ0v) is 13.7. The molecule has 0 saturated carbocycles. The Bertz CT molecular complexity index is 659. The van der Waals surface area contributed by atoms with Gasteiger partial charge >= 0.3 is 6.03 Å². The van der Waals surface area contributed by atoms with Crippen LogP contribution in [-0.4, -0.2) is 59.5 Å². The largest absolute Gasteiger partial charge is 0.379 e. The lowest BCUT2D eigenvalue weighted by Crippen LogP contribution is -2.49. The quantitative estimate of drug-likeness (QED) is 0.912. The molecule has 0 spiro atoms. The lowest BCUT2D eigenvalue weighted by molar-refractivity contribution is -0.0555. The number of imidazole rings is 1. The van der Waals surface area contributed by atoms with Gasteiger partial charge in [0.25, 0.3) is 0 Å². The molecular weight excluding hydrogens is 308 g/mol. The smallest absolute Gasteiger partial charge is 0.324 e. The van der Waals surface area contributed by atoms with Gasteiger partial charge in [0.15, 0.2) is 0 Å². The molecule has 1 aromatic heterocycles. The van der Waals surface area contributed by atoms with Crippen LogP contribution in [-0.2, 0) is 9.47 Å². The summed E-state index contributed by atoms with van der Waals surface area (Å²) in [4.78, 5) is 18.5. The first-order chi connectivity index (χ1) is 11.8. The van der Waals surface area contributed by atoms with Gasteiger partial charge < -0.3 is 14.4 Å². The second kappa shape index (κ2) is 7.94. The van der Waals surface area contributed by atoms with Crippen LogP contribution in [0.4, 0.5) is 10.7 Å². The van der Waals surface area contributed by atoms with Gasteiger partial charge in [-0.3, -0.25) is 9.88 Å². The van der Waals surface area contributed by atoms with Crippen LogP contribution in [0.2, 0.25) is 0 Å². The number of morpholine rings is 1. The first-order valence-corrected chi connectivity index (χ1v) is 8.12. The van der Waals surface area contributed by atoms with E-state index in [1.165, 1.54) is 0 Å². The number of amides is 2. The Morgan fingerprint density at radius 1 is 1.42 bits per heavy atom. The Hall–Kier alpha value is -2.38. The predicted molar refractivity (Wildman–Crippen MR) is 90.4 cm³/mol. The number of para-hydroxylation sites is 1. The van der Waals surface area contributed by atoms with E-state index in [0.717, 1.165) is 5.69 Å². The number of rotatable bonds is 5. The lowest BCUT2D eigenvalue weighted by Gasteiger charge is -2.32. The summed E-state index contributed by atoms with van der Waals surface area (Å²) in [5.74, 6) is 0.499. The summed E-state index contributed by atoms with van der Waals surface area (Å²) in [6.45, 7) is 4.66. The standard InChI is InChI=1S/C17H22N4O3/c1-2-23-13-15-12-20(10-11-24-15)17(22)19-16-18-8-9-21(16)14-6-4-3-5-7-14/h3-9,15H,2,10-13H2,1H3,(H,18,19,22). The zero-order chi connectivity index (χ0) is 16.8. The third-order valence-corrected chi connectivity index (χ3v) is 3.83. The number of hydrogen-bond acceptors (Lipinski definition) is 4. The molecular formula is C17H22N4O3. The van der Waals surface area contributed by atoms with Crippen LogP contribution in [0.15, 0.2) is 42.7 Å². The van der Waals surface area contributed by atoms with Crippen LogP contribution < -0.4 is 5.32 Å². The first-order valence-electron chi connectivity index (χ1n) is 8.12. The number of anilines is 1. The maximum Gasteiger partial charge on any atom is 0.324 e. The van der Waals surface area contributed by atoms with Gasteiger partial charge in [0.05, 0.1) is 25.9 Å². The van der Waals surface area contributed by atoms with E-state index in [2.05, 4.69) is 10.3 Å². The second-order valence-electron chi connectivity index (χ2n) is 5.48. The zero-order valence-electron chi connectivity index (χ0n) is 13.7. The number of carbonyl (C=O) groups is 1. The van der Waals surface area contributed by atoms with E-state index >= 15 is 0 Å². The van der Waals surface area contributed by atoms with Gasteiger partial charge in [-0.2, -0.15) is 0 Å². The van der Waals surface area contributed by atoms with Crippen LogP contribution in [0.3, 0.4) is 0 Å². The van der Waals surface area contributed by atoms with Crippen molar-refractivity contribution in [2.45, 2.75) is 13.0 Å². The fourth-order valence-corrected chi connectivity index (χ4v) is 2.62. The topological polar surface area (TPSA) is 68.6 Å². The van der Waals surface area contributed by atoms with Gasteiger partial charge in [-0.05, 0) is 19.1 Å². The molecule has 24 heavy (non-hydrogen) atoms. The predicted octanol–water partition coefficient (Wildman–Crippen LogP) is 2.14. The number of carbonyl (C=O) groups excluding carboxylic acids is 1. The molecule has 2 heterocycles. The molecule has 2 aromatic rings. The van der Waals surface area contributed by atoms with Gasteiger partial charge in [0, 0.05) is 31.2 Å². The Kier molecular flexibility index (Phi) is 5.45. The molecule has 1 unspecified atom stereocenters. The third kappa shape index (κ3) is 3.93. The van der Waals surface area contributed by atoms with E-state index in [9.17, 15) is 4.79 Å². The fraction of sp³-hybridized carbons (Fsp3) is 0.412. The Morgan fingerprint density at radius 3 is 3.04 bits per heavy atom. The number of benzene rings is 1. The number of nitrogens with zero attached hydrogens (tertiary/aromatic N) is 3. The van der Waals surface area contributed by atoms with Crippen LogP contribution >= 0.6 is 0 Å². The highest BCUT2D eigenvalue weighted by atomic mass is 16.5. The van der Waals surface area contributed by atoms with E-state index in [0.29, 0.717) is 38.9 Å². The number of hydrogen-bond donors (Lipinski definition) is 1. The molecule has 1 N–H and O–H groups in total. The Balaban J connectivity index is 1.64.